The van der Waals surface area contributed by atoms with Crippen LogP contribution in [0.1, 0.15) is 0 Å². The molecule has 0 aromatic heterocycles. The van der Waals surface area contributed by atoms with Gasteiger partial charge in [0.05, 0.1) is 7.05 Å². The summed E-state index contributed by atoms with van der Waals surface area (Å²) in [4.78, 5) is 0. The fraction of sp³-hybridized carbons (Fsp3) is 0.143. The predicted octanol–water partition coefficient (Wildman–Crippen LogP) is -0.374. The summed E-state index contributed by atoms with van der Waals surface area (Å²) < 4.78 is 4.48. The first-order chi connectivity index (χ1) is 6.15. The Labute approximate surface area is 89.7 Å². The Kier molecular flexibility index (Phi) is 4.03. The summed E-state index contributed by atoms with van der Waals surface area (Å²) in [6, 6.07) is 6.34. The zero-order chi connectivity index (χ0) is 9.84. The summed E-state index contributed by atoms with van der Waals surface area (Å²) in [6.07, 6.45) is 0. The summed E-state index contributed by atoms with van der Waals surface area (Å²) in [5.74, 6) is 0. The van der Waals surface area contributed by atoms with Gasteiger partial charge in [-0.2, -0.15) is 5.23 Å². The van der Waals surface area contributed by atoms with E-state index in [-0.39, 0.29) is 5.06 Å². The molecule has 0 radical (unpaired) electrons. The largest absolute Gasteiger partial charge is 0.629 e. The van der Waals surface area contributed by atoms with Crippen LogP contribution in [0.5, 0.6) is 0 Å². The minimum Gasteiger partial charge on any atom is -0.629 e. The Morgan fingerprint density at radius 1 is 1.15 bits per heavy atom. The highest BCUT2D eigenvalue weighted by molar-refractivity contribution is 14.1. The lowest BCUT2D eigenvalue weighted by atomic mass is 10.3. The standard InChI is InChI=1S/C7H9IN2O3/c1-9(11)6-2-4-7(5-3-6)10(12)13-8/h2-5,9-10H,1H3. The Morgan fingerprint density at radius 3 is 2.00 bits per heavy atom. The molecule has 2 unspecified atom stereocenters. The Morgan fingerprint density at radius 2 is 1.62 bits per heavy atom. The summed E-state index contributed by atoms with van der Waals surface area (Å²) >= 11 is 1.52. The molecule has 0 spiro atoms. The van der Waals surface area contributed by atoms with E-state index in [0.29, 0.717) is 11.4 Å². The maximum atomic E-state index is 11.0. The van der Waals surface area contributed by atoms with E-state index in [4.69, 9.17) is 0 Å². The number of hydrogen-bond acceptors (Lipinski definition) is 3. The first kappa shape index (κ1) is 10.8. The molecule has 0 aliphatic carbocycles. The maximum Gasteiger partial charge on any atom is 0.190 e. The summed E-state index contributed by atoms with van der Waals surface area (Å²) in [7, 11) is 1.48. The molecule has 0 aliphatic heterocycles. The fourth-order valence-electron chi connectivity index (χ4n) is 0.886. The van der Waals surface area contributed by atoms with Crippen molar-refractivity contribution in [3.63, 3.8) is 0 Å². The summed E-state index contributed by atoms with van der Waals surface area (Å²) in [5.41, 5.74) is 1.03. The second-order valence-corrected chi connectivity index (χ2v) is 2.94. The van der Waals surface area contributed by atoms with E-state index in [1.807, 2.05) is 0 Å². The van der Waals surface area contributed by atoms with Crippen LogP contribution in [0.25, 0.3) is 0 Å². The third-order valence-corrected chi connectivity index (χ3v) is 2.00. The van der Waals surface area contributed by atoms with Crippen molar-refractivity contribution in [2.24, 2.45) is 0 Å². The van der Waals surface area contributed by atoms with Crippen molar-refractivity contribution in [3.05, 3.63) is 34.7 Å². The highest BCUT2D eigenvalue weighted by Crippen LogP contribution is 2.06. The molecule has 0 amide bonds. The minimum atomic E-state index is -0.407. The minimum absolute atomic E-state index is 0.0191. The van der Waals surface area contributed by atoms with E-state index in [0.717, 1.165) is 0 Å². The molecule has 0 aliphatic rings. The lowest BCUT2D eigenvalue weighted by Gasteiger charge is -2.17. The predicted molar refractivity (Wildman–Crippen MR) is 55.5 cm³/mol. The van der Waals surface area contributed by atoms with Crippen LogP contribution in [-0.2, 0) is 3.17 Å². The summed E-state index contributed by atoms with van der Waals surface area (Å²) in [6.45, 7) is 0. The second-order valence-electron chi connectivity index (χ2n) is 2.50. The maximum absolute atomic E-state index is 11.0. The molecule has 1 rings (SSSR count). The average Bonchev–Trinajstić information content (AvgIpc) is 2.17. The van der Waals surface area contributed by atoms with Crippen LogP contribution in [-0.4, -0.2) is 7.05 Å². The van der Waals surface area contributed by atoms with E-state index >= 15 is 0 Å². The third kappa shape index (κ3) is 2.86. The van der Waals surface area contributed by atoms with Gasteiger partial charge in [0.15, 0.2) is 28.7 Å². The molecule has 72 valence electrons. The van der Waals surface area contributed by atoms with Gasteiger partial charge in [-0.05, 0) is 0 Å². The number of rotatable bonds is 3. The zero-order valence-electron chi connectivity index (χ0n) is 6.91. The second kappa shape index (κ2) is 4.84. The van der Waals surface area contributed by atoms with Gasteiger partial charge in [-0.3, -0.25) is 0 Å². The van der Waals surface area contributed by atoms with Gasteiger partial charge < -0.3 is 15.5 Å². The fourth-order valence-corrected chi connectivity index (χ4v) is 1.14. The van der Waals surface area contributed by atoms with Crippen LogP contribution < -0.4 is 10.3 Å². The Balaban J connectivity index is 2.81. The van der Waals surface area contributed by atoms with Gasteiger partial charge in [0, 0.05) is 24.3 Å². The number of hydrogen-bond donors (Lipinski definition) is 2. The molecule has 6 heteroatoms. The van der Waals surface area contributed by atoms with E-state index in [2.05, 4.69) is 3.17 Å². The summed E-state index contributed by atoms with van der Waals surface area (Å²) in [5, 5.41) is 21.4. The first-order valence-corrected chi connectivity index (χ1v) is 4.47. The molecule has 0 heterocycles. The lowest BCUT2D eigenvalue weighted by Crippen LogP contribution is -2.99. The molecule has 13 heavy (non-hydrogen) atoms. The number of nitrogens with one attached hydrogen (secondary N) is 2. The van der Waals surface area contributed by atoms with Crippen molar-refractivity contribution in [1.82, 2.24) is 0 Å². The molecule has 1 aromatic rings. The van der Waals surface area contributed by atoms with Crippen LogP contribution in [0.3, 0.4) is 0 Å². The molecular weight excluding hydrogens is 287 g/mol. The number of hydroxylamine groups is 1. The average molecular weight is 296 g/mol. The van der Waals surface area contributed by atoms with Crippen LogP contribution in [0.2, 0.25) is 0 Å². The third-order valence-electron chi connectivity index (χ3n) is 1.60. The highest BCUT2D eigenvalue weighted by Gasteiger charge is 2.03. The van der Waals surface area contributed by atoms with Gasteiger partial charge >= 0.3 is 0 Å². The number of halogens is 1. The molecule has 2 atom stereocenters. The molecule has 0 fully saturated rings. The van der Waals surface area contributed by atoms with E-state index < -0.39 is 5.23 Å². The van der Waals surface area contributed by atoms with Gasteiger partial charge in [-0.15, -0.1) is 3.17 Å². The molecule has 2 N–H and O–H groups in total. The van der Waals surface area contributed by atoms with Crippen LogP contribution >= 0.6 is 23.0 Å². The van der Waals surface area contributed by atoms with Gasteiger partial charge in [0.1, 0.15) is 5.69 Å². The van der Waals surface area contributed by atoms with Gasteiger partial charge in [0.25, 0.3) is 0 Å². The van der Waals surface area contributed by atoms with Crippen molar-refractivity contribution >= 4 is 34.4 Å². The van der Waals surface area contributed by atoms with Crippen LogP contribution in [0.4, 0.5) is 11.4 Å². The molecular formula is C7H9IN2O3. The SMILES string of the molecule is C[NH+]([O-])c1ccc([NH+]([O-])OI)cc1. The number of quaternary nitrogens is 2. The van der Waals surface area contributed by atoms with Crippen molar-refractivity contribution in [2.75, 3.05) is 7.05 Å². The lowest BCUT2D eigenvalue weighted by molar-refractivity contribution is -0.952. The number of benzene rings is 1. The monoisotopic (exact) mass is 296 g/mol. The van der Waals surface area contributed by atoms with Gasteiger partial charge in [0.2, 0.25) is 0 Å². The molecule has 5 nitrogen and oxygen atoms in total. The normalized spacial score (nSPS) is 15.4. The van der Waals surface area contributed by atoms with Crippen molar-refractivity contribution in [1.29, 1.82) is 0 Å². The molecule has 0 saturated carbocycles. The van der Waals surface area contributed by atoms with Crippen molar-refractivity contribution < 1.29 is 13.5 Å². The highest BCUT2D eigenvalue weighted by atomic mass is 127. The Hall–Kier alpha value is -0.250. The van der Waals surface area contributed by atoms with Gasteiger partial charge in [-0.25, -0.2) is 0 Å². The van der Waals surface area contributed by atoms with Gasteiger partial charge in [-0.1, -0.05) is 0 Å². The van der Waals surface area contributed by atoms with Crippen molar-refractivity contribution in [2.45, 2.75) is 0 Å². The molecule has 1 aromatic carbocycles. The topological polar surface area (TPSA) is 64.2 Å². The van der Waals surface area contributed by atoms with Crippen LogP contribution in [0, 0.1) is 10.4 Å². The molecule has 0 bridgehead atoms. The Bertz CT molecular complexity index is 265. The first-order valence-electron chi connectivity index (χ1n) is 3.59. The molecule has 0 saturated heterocycles. The zero-order valence-corrected chi connectivity index (χ0v) is 9.07. The van der Waals surface area contributed by atoms with E-state index in [9.17, 15) is 10.4 Å². The quantitative estimate of drug-likeness (QED) is 0.591. The van der Waals surface area contributed by atoms with Crippen LogP contribution in [0.15, 0.2) is 24.3 Å². The smallest absolute Gasteiger partial charge is 0.190 e. The van der Waals surface area contributed by atoms with Crippen molar-refractivity contribution in [3.8, 4) is 0 Å². The van der Waals surface area contributed by atoms with E-state index in [1.165, 1.54) is 30.1 Å². The van der Waals surface area contributed by atoms with E-state index in [1.54, 1.807) is 24.3 Å².